The van der Waals surface area contributed by atoms with Crippen LogP contribution in [0.15, 0.2) is 11.6 Å². The van der Waals surface area contributed by atoms with Crippen LogP contribution in [0.4, 0.5) is 0 Å². The highest BCUT2D eigenvalue weighted by Gasteiger charge is 2.27. The number of nitrogens with zero attached hydrogens (tertiary/aromatic N) is 1. The summed E-state index contributed by atoms with van der Waals surface area (Å²) in [4.78, 5) is 4.41. The van der Waals surface area contributed by atoms with Crippen molar-refractivity contribution < 1.29 is 0 Å². The molecule has 0 radical (unpaired) electrons. The van der Waals surface area contributed by atoms with Gasteiger partial charge < -0.3 is 5.32 Å². The van der Waals surface area contributed by atoms with Crippen molar-refractivity contribution >= 4 is 11.3 Å². The second-order valence-corrected chi connectivity index (χ2v) is 5.84. The summed E-state index contributed by atoms with van der Waals surface area (Å²) in [6.07, 6.45) is 8.72. The smallest absolute Gasteiger partial charge is 0.112 e. The van der Waals surface area contributed by atoms with Gasteiger partial charge in [-0.05, 0) is 26.7 Å². The molecule has 1 aliphatic rings. The van der Waals surface area contributed by atoms with Crippen molar-refractivity contribution in [3.05, 3.63) is 16.6 Å². The van der Waals surface area contributed by atoms with E-state index in [0.29, 0.717) is 6.04 Å². The SMILES string of the molecule is CC(C)(NC1CCCCC1)c1nccs1. The Kier molecular flexibility index (Phi) is 3.42. The molecule has 1 fully saturated rings. The zero-order valence-corrected chi connectivity index (χ0v) is 10.4. The fourth-order valence-electron chi connectivity index (χ4n) is 2.35. The van der Waals surface area contributed by atoms with Crippen molar-refractivity contribution in [2.24, 2.45) is 0 Å². The minimum atomic E-state index is 0.0379. The molecule has 1 aromatic rings. The molecule has 0 bridgehead atoms. The van der Waals surface area contributed by atoms with Crippen LogP contribution in [0, 0.1) is 0 Å². The number of rotatable bonds is 3. The van der Waals surface area contributed by atoms with Gasteiger partial charge in [-0.3, -0.25) is 0 Å². The molecule has 1 aliphatic carbocycles. The summed E-state index contributed by atoms with van der Waals surface area (Å²) < 4.78 is 0. The summed E-state index contributed by atoms with van der Waals surface area (Å²) in [5.41, 5.74) is 0.0379. The molecule has 0 aromatic carbocycles. The lowest BCUT2D eigenvalue weighted by atomic mass is 9.93. The summed E-state index contributed by atoms with van der Waals surface area (Å²) in [6, 6.07) is 0.692. The number of hydrogen-bond acceptors (Lipinski definition) is 3. The fourth-order valence-corrected chi connectivity index (χ4v) is 3.08. The Morgan fingerprint density at radius 3 is 2.67 bits per heavy atom. The molecule has 1 heterocycles. The highest BCUT2D eigenvalue weighted by Crippen LogP contribution is 2.26. The Bertz CT molecular complexity index is 287. The zero-order valence-electron chi connectivity index (χ0n) is 9.62. The molecule has 0 saturated heterocycles. The third kappa shape index (κ3) is 2.79. The topological polar surface area (TPSA) is 24.9 Å². The minimum absolute atomic E-state index is 0.0379. The van der Waals surface area contributed by atoms with E-state index in [1.165, 1.54) is 37.1 Å². The molecule has 0 unspecified atom stereocenters. The lowest BCUT2D eigenvalue weighted by Gasteiger charge is -2.32. The fraction of sp³-hybridized carbons (Fsp3) is 0.750. The molecule has 0 amide bonds. The first kappa shape index (κ1) is 11.1. The molecular formula is C12H20N2S. The lowest BCUT2D eigenvalue weighted by molar-refractivity contribution is 0.282. The van der Waals surface area contributed by atoms with Crippen LogP contribution >= 0.6 is 11.3 Å². The normalized spacial score (nSPS) is 19.3. The van der Waals surface area contributed by atoms with Gasteiger partial charge in [0, 0.05) is 17.6 Å². The molecule has 1 saturated carbocycles. The molecular weight excluding hydrogens is 204 g/mol. The minimum Gasteiger partial charge on any atom is -0.303 e. The van der Waals surface area contributed by atoms with Crippen molar-refractivity contribution in [2.75, 3.05) is 0 Å². The van der Waals surface area contributed by atoms with E-state index >= 15 is 0 Å². The van der Waals surface area contributed by atoms with Gasteiger partial charge in [-0.15, -0.1) is 11.3 Å². The average Bonchev–Trinajstić information content (AvgIpc) is 2.71. The molecule has 0 aliphatic heterocycles. The van der Waals surface area contributed by atoms with Gasteiger partial charge in [-0.25, -0.2) is 4.98 Å². The van der Waals surface area contributed by atoms with Crippen LogP contribution in [0.2, 0.25) is 0 Å². The van der Waals surface area contributed by atoms with E-state index in [-0.39, 0.29) is 5.54 Å². The summed E-state index contributed by atoms with van der Waals surface area (Å²) in [6.45, 7) is 4.47. The van der Waals surface area contributed by atoms with Crippen molar-refractivity contribution in [1.29, 1.82) is 0 Å². The Labute approximate surface area is 96.1 Å². The van der Waals surface area contributed by atoms with E-state index in [0.717, 1.165) is 0 Å². The van der Waals surface area contributed by atoms with Crippen LogP contribution < -0.4 is 5.32 Å². The third-order valence-corrected chi connectivity index (χ3v) is 4.23. The van der Waals surface area contributed by atoms with Crippen molar-refractivity contribution in [1.82, 2.24) is 10.3 Å². The molecule has 1 N–H and O–H groups in total. The number of hydrogen-bond donors (Lipinski definition) is 1. The van der Waals surface area contributed by atoms with Crippen LogP contribution in [-0.4, -0.2) is 11.0 Å². The first-order valence-electron chi connectivity index (χ1n) is 5.86. The Balaban J connectivity index is 1.97. The summed E-state index contributed by atoms with van der Waals surface area (Å²) in [5, 5.41) is 7.00. The monoisotopic (exact) mass is 224 g/mol. The Morgan fingerprint density at radius 2 is 2.07 bits per heavy atom. The van der Waals surface area contributed by atoms with Gasteiger partial charge >= 0.3 is 0 Å². The maximum absolute atomic E-state index is 4.41. The zero-order chi connectivity index (χ0) is 10.7. The van der Waals surface area contributed by atoms with Gasteiger partial charge in [0.1, 0.15) is 5.01 Å². The summed E-state index contributed by atoms with van der Waals surface area (Å²) in [5.74, 6) is 0. The van der Waals surface area contributed by atoms with Gasteiger partial charge in [0.15, 0.2) is 0 Å². The molecule has 2 nitrogen and oxygen atoms in total. The van der Waals surface area contributed by atoms with Gasteiger partial charge in [0.2, 0.25) is 0 Å². The first-order valence-corrected chi connectivity index (χ1v) is 6.74. The van der Waals surface area contributed by atoms with Crippen LogP contribution in [0.1, 0.15) is 51.0 Å². The van der Waals surface area contributed by atoms with Crippen LogP contribution in [-0.2, 0) is 5.54 Å². The van der Waals surface area contributed by atoms with Crippen LogP contribution in [0.5, 0.6) is 0 Å². The van der Waals surface area contributed by atoms with Gasteiger partial charge in [-0.2, -0.15) is 0 Å². The lowest BCUT2D eigenvalue weighted by Crippen LogP contribution is -2.44. The first-order chi connectivity index (χ1) is 7.18. The predicted octanol–water partition coefficient (Wildman–Crippen LogP) is 3.30. The largest absolute Gasteiger partial charge is 0.303 e. The van der Waals surface area contributed by atoms with Crippen molar-refractivity contribution in [2.45, 2.75) is 57.5 Å². The van der Waals surface area contributed by atoms with E-state index in [9.17, 15) is 0 Å². The molecule has 1 aromatic heterocycles. The molecule has 2 rings (SSSR count). The van der Waals surface area contributed by atoms with Gasteiger partial charge in [0.05, 0.1) is 5.54 Å². The van der Waals surface area contributed by atoms with E-state index in [1.54, 1.807) is 11.3 Å². The Morgan fingerprint density at radius 1 is 1.33 bits per heavy atom. The number of aromatic nitrogens is 1. The van der Waals surface area contributed by atoms with Crippen LogP contribution in [0.25, 0.3) is 0 Å². The highest BCUT2D eigenvalue weighted by atomic mass is 32.1. The van der Waals surface area contributed by atoms with E-state index in [4.69, 9.17) is 0 Å². The standard InChI is InChI=1S/C12H20N2S/c1-12(2,11-13-8-9-15-11)14-10-6-4-3-5-7-10/h8-10,14H,3-7H2,1-2H3. The maximum Gasteiger partial charge on any atom is 0.112 e. The second kappa shape index (κ2) is 4.62. The maximum atomic E-state index is 4.41. The third-order valence-electron chi connectivity index (χ3n) is 3.14. The van der Waals surface area contributed by atoms with Gasteiger partial charge in [0.25, 0.3) is 0 Å². The predicted molar refractivity (Wildman–Crippen MR) is 65.1 cm³/mol. The molecule has 84 valence electrons. The van der Waals surface area contributed by atoms with Crippen LogP contribution in [0.3, 0.4) is 0 Å². The van der Waals surface area contributed by atoms with E-state index < -0.39 is 0 Å². The quantitative estimate of drug-likeness (QED) is 0.852. The number of thiazole rings is 1. The average molecular weight is 224 g/mol. The molecule has 0 atom stereocenters. The molecule has 0 spiro atoms. The summed E-state index contributed by atoms with van der Waals surface area (Å²) >= 11 is 1.74. The van der Waals surface area contributed by atoms with E-state index in [2.05, 4.69) is 29.5 Å². The number of nitrogens with one attached hydrogen (secondary N) is 1. The van der Waals surface area contributed by atoms with E-state index in [1.807, 2.05) is 6.20 Å². The molecule has 3 heteroatoms. The van der Waals surface area contributed by atoms with Gasteiger partial charge in [-0.1, -0.05) is 19.3 Å². The summed E-state index contributed by atoms with van der Waals surface area (Å²) in [7, 11) is 0. The van der Waals surface area contributed by atoms with Crippen molar-refractivity contribution in [3.8, 4) is 0 Å². The highest BCUT2D eigenvalue weighted by molar-refractivity contribution is 7.09. The molecule has 15 heavy (non-hydrogen) atoms. The Hall–Kier alpha value is -0.410. The van der Waals surface area contributed by atoms with Crippen molar-refractivity contribution in [3.63, 3.8) is 0 Å². The second-order valence-electron chi connectivity index (χ2n) is 4.94.